The van der Waals surface area contributed by atoms with E-state index in [1.54, 1.807) is 4.68 Å². The van der Waals surface area contributed by atoms with Crippen molar-refractivity contribution in [2.75, 3.05) is 5.73 Å². The second kappa shape index (κ2) is 4.97. The van der Waals surface area contributed by atoms with Crippen LogP contribution in [0.25, 0.3) is 22.4 Å². The molecule has 0 atom stereocenters. The fraction of sp³-hybridized carbons (Fsp3) is 0.188. The first-order valence-corrected chi connectivity index (χ1v) is 7.01. The monoisotopic (exact) mass is 301 g/mol. The summed E-state index contributed by atoms with van der Waals surface area (Å²) < 4.78 is 7.29. The normalized spacial score (nSPS) is 11.0. The Morgan fingerprint density at radius 3 is 2.62 bits per heavy atom. The van der Waals surface area contributed by atoms with Crippen molar-refractivity contribution in [3.63, 3.8) is 0 Å². The maximum absolute atomic E-state index is 6.21. The molecule has 0 saturated carbocycles. The van der Waals surface area contributed by atoms with Crippen molar-refractivity contribution in [1.82, 2.24) is 9.78 Å². The number of nitrogen functional groups attached to an aromatic ring is 1. The number of aromatic nitrogens is 2. The van der Waals surface area contributed by atoms with E-state index in [0.29, 0.717) is 10.8 Å². The first-order valence-electron chi connectivity index (χ1n) is 6.63. The SMILES string of the molecule is Cc1cc(-c2nn(C)c(N)c2-c2cccc(Cl)c2)c(C)o1. The van der Waals surface area contributed by atoms with Crippen LogP contribution in [0.2, 0.25) is 5.02 Å². The highest BCUT2D eigenvalue weighted by Gasteiger charge is 2.20. The Kier molecular flexibility index (Phi) is 3.26. The molecule has 4 nitrogen and oxygen atoms in total. The van der Waals surface area contributed by atoms with Crippen LogP contribution in [0.3, 0.4) is 0 Å². The topological polar surface area (TPSA) is 57.0 Å². The summed E-state index contributed by atoms with van der Waals surface area (Å²) in [7, 11) is 1.83. The molecule has 108 valence electrons. The summed E-state index contributed by atoms with van der Waals surface area (Å²) in [4.78, 5) is 0. The second-order valence-electron chi connectivity index (χ2n) is 5.07. The van der Waals surface area contributed by atoms with Gasteiger partial charge < -0.3 is 10.2 Å². The van der Waals surface area contributed by atoms with Crippen molar-refractivity contribution in [3.8, 4) is 22.4 Å². The molecular formula is C16H16ClN3O. The van der Waals surface area contributed by atoms with Crippen LogP contribution in [0.1, 0.15) is 11.5 Å². The Hall–Kier alpha value is -2.20. The average molecular weight is 302 g/mol. The lowest BCUT2D eigenvalue weighted by Crippen LogP contribution is -1.97. The van der Waals surface area contributed by atoms with Gasteiger partial charge in [0.15, 0.2) is 0 Å². The molecule has 0 aliphatic rings. The van der Waals surface area contributed by atoms with E-state index in [-0.39, 0.29) is 0 Å². The summed E-state index contributed by atoms with van der Waals surface area (Å²) in [6, 6.07) is 9.59. The number of hydrogen-bond donors (Lipinski definition) is 1. The second-order valence-corrected chi connectivity index (χ2v) is 5.51. The molecule has 5 heteroatoms. The van der Waals surface area contributed by atoms with Gasteiger partial charge in [0.1, 0.15) is 23.0 Å². The summed E-state index contributed by atoms with van der Waals surface area (Å²) in [5.41, 5.74) is 9.80. The number of hydrogen-bond acceptors (Lipinski definition) is 3. The zero-order valence-corrected chi connectivity index (χ0v) is 12.9. The predicted molar refractivity (Wildman–Crippen MR) is 85.2 cm³/mol. The van der Waals surface area contributed by atoms with Crippen LogP contribution in [-0.2, 0) is 7.05 Å². The summed E-state index contributed by atoms with van der Waals surface area (Å²) in [5, 5.41) is 5.22. The van der Waals surface area contributed by atoms with E-state index in [0.717, 1.165) is 33.9 Å². The van der Waals surface area contributed by atoms with Crippen molar-refractivity contribution < 1.29 is 4.42 Å². The molecule has 3 rings (SSSR count). The number of anilines is 1. The van der Waals surface area contributed by atoms with Crippen LogP contribution < -0.4 is 5.73 Å². The number of rotatable bonds is 2. The fourth-order valence-electron chi connectivity index (χ4n) is 2.52. The van der Waals surface area contributed by atoms with Gasteiger partial charge in [0, 0.05) is 17.6 Å². The van der Waals surface area contributed by atoms with Crippen molar-refractivity contribution in [2.45, 2.75) is 13.8 Å². The zero-order chi connectivity index (χ0) is 15.1. The van der Waals surface area contributed by atoms with Gasteiger partial charge in [0.2, 0.25) is 0 Å². The van der Waals surface area contributed by atoms with E-state index in [1.165, 1.54) is 0 Å². The van der Waals surface area contributed by atoms with Gasteiger partial charge in [-0.1, -0.05) is 23.7 Å². The third kappa shape index (κ3) is 2.32. The Morgan fingerprint density at radius 2 is 2.00 bits per heavy atom. The lowest BCUT2D eigenvalue weighted by molar-refractivity contribution is 0.505. The molecule has 2 N–H and O–H groups in total. The first-order chi connectivity index (χ1) is 9.97. The molecule has 21 heavy (non-hydrogen) atoms. The van der Waals surface area contributed by atoms with E-state index >= 15 is 0 Å². The highest BCUT2D eigenvalue weighted by molar-refractivity contribution is 6.30. The van der Waals surface area contributed by atoms with Gasteiger partial charge in [0.25, 0.3) is 0 Å². The number of nitrogens with two attached hydrogens (primary N) is 1. The number of halogens is 1. The molecule has 0 unspecified atom stereocenters. The van der Waals surface area contributed by atoms with Crippen LogP contribution in [-0.4, -0.2) is 9.78 Å². The first kappa shape index (κ1) is 13.8. The van der Waals surface area contributed by atoms with Crippen LogP contribution in [0.15, 0.2) is 34.7 Å². The number of aryl methyl sites for hydroxylation is 3. The maximum atomic E-state index is 6.21. The Morgan fingerprint density at radius 1 is 1.24 bits per heavy atom. The van der Waals surface area contributed by atoms with Gasteiger partial charge in [-0.15, -0.1) is 0 Å². The average Bonchev–Trinajstić information content (AvgIpc) is 2.90. The van der Waals surface area contributed by atoms with Crippen LogP contribution in [0.4, 0.5) is 5.82 Å². The van der Waals surface area contributed by atoms with Gasteiger partial charge in [-0.3, -0.25) is 4.68 Å². The van der Waals surface area contributed by atoms with Crippen molar-refractivity contribution >= 4 is 17.4 Å². The molecule has 0 aliphatic carbocycles. The number of furan rings is 1. The van der Waals surface area contributed by atoms with Crippen LogP contribution in [0.5, 0.6) is 0 Å². The molecule has 1 aromatic carbocycles. The molecule has 2 heterocycles. The summed E-state index contributed by atoms with van der Waals surface area (Å²) in [6.45, 7) is 3.84. The van der Waals surface area contributed by atoms with E-state index in [4.69, 9.17) is 21.8 Å². The quantitative estimate of drug-likeness (QED) is 0.771. The Labute approximate surface area is 128 Å². The summed E-state index contributed by atoms with van der Waals surface area (Å²) in [5.74, 6) is 2.28. The van der Waals surface area contributed by atoms with Gasteiger partial charge in [0.05, 0.1) is 5.56 Å². The molecule has 0 aliphatic heterocycles. The Balaban J connectivity index is 2.28. The minimum atomic E-state index is 0.602. The van der Waals surface area contributed by atoms with E-state index < -0.39 is 0 Å². The molecule has 0 fully saturated rings. The minimum absolute atomic E-state index is 0.602. The number of nitrogens with zero attached hydrogens (tertiary/aromatic N) is 2. The van der Waals surface area contributed by atoms with Gasteiger partial charge in [-0.25, -0.2) is 0 Å². The molecule has 3 aromatic rings. The molecule has 0 spiro atoms. The van der Waals surface area contributed by atoms with E-state index in [2.05, 4.69) is 5.10 Å². The lowest BCUT2D eigenvalue weighted by Gasteiger charge is -2.04. The Bertz CT molecular complexity index is 817. The van der Waals surface area contributed by atoms with Crippen molar-refractivity contribution in [2.24, 2.45) is 7.05 Å². The van der Waals surface area contributed by atoms with Crippen molar-refractivity contribution in [3.05, 3.63) is 46.9 Å². The lowest BCUT2D eigenvalue weighted by atomic mass is 10.0. The molecule has 0 saturated heterocycles. The third-order valence-electron chi connectivity index (χ3n) is 3.50. The molecule has 2 aromatic heterocycles. The molecule has 0 bridgehead atoms. The molecule has 0 amide bonds. The highest BCUT2D eigenvalue weighted by Crippen LogP contribution is 2.38. The van der Waals surface area contributed by atoms with E-state index in [9.17, 15) is 0 Å². The molecular weight excluding hydrogens is 286 g/mol. The van der Waals surface area contributed by atoms with E-state index in [1.807, 2.05) is 51.2 Å². The smallest absolute Gasteiger partial charge is 0.129 e. The van der Waals surface area contributed by atoms with Gasteiger partial charge in [-0.2, -0.15) is 5.10 Å². The van der Waals surface area contributed by atoms with Crippen molar-refractivity contribution in [1.29, 1.82) is 0 Å². The van der Waals surface area contributed by atoms with Gasteiger partial charge >= 0.3 is 0 Å². The number of benzene rings is 1. The summed E-state index contributed by atoms with van der Waals surface area (Å²) in [6.07, 6.45) is 0. The third-order valence-corrected chi connectivity index (χ3v) is 3.74. The van der Waals surface area contributed by atoms with Crippen LogP contribution >= 0.6 is 11.6 Å². The molecule has 0 radical (unpaired) electrons. The standard InChI is InChI=1S/C16H16ClN3O/c1-9-7-13(10(2)21-9)15-14(16(18)20(3)19-15)11-5-4-6-12(17)8-11/h4-8H,18H2,1-3H3. The predicted octanol–water partition coefficient (Wildman–Crippen LogP) is 4.20. The summed E-state index contributed by atoms with van der Waals surface area (Å²) >= 11 is 6.10. The largest absolute Gasteiger partial charge is 0.466 e. The zero-order valence-electron chi connectivity index (χ0n) is 12.1. The maximum Gasteiger partial charge on any atom is 0.129 e. The van der Waals surface area contributed by atoms with Gasteiger partial charge in [-0.05, 0) is 37.6 Å². The fourth-order valence-corrected chi connectivity index (χ4v) is 2.71. The van der Waals surface area contributed by atoms with Crippen LogP contribution in [0, 0.1) is 13.8 Å². The highest BCUT2D eigenvalue weighted by atomic mass is 35.5. The minimum Gasteiger partial charge on any atom is -0.466 e.